The Hall–Kier alpha value is -5.04. The van der Waals surface area contributed by atoms with Crippen LogP contribution in [0.3, 0.4) is 0 Å². The molecule has 4 N–H and O–H groups in total. The zero-order chi connectivity index (χ0) is 37.4. The predicted octanol–water partition coefficient (Wildman–Crippen LogP) is 3.26. The molecule has 3 aliphatic rings. The van der Waals surface area contributed by atoms with E-state index < -0.39 is 47.7 Å². The molecule has 0 aromatic heterocycles. The number of allylic oxidation sites excluding steroid dienone is 1. The van der Waals surface area contributed by atoms with Crippen LogP contribution in [-0.2, 0) is 46.5 Å². The summed E-state index contributed by atoms with van der Waals surface area (Å²) < 4.78 is 11.4. The molecule has 0 radical (unpaired) electrons. The number of nitrogens with one attached hydrogen (secondary N) is 4. The first-order valence-electron chi connectivity index (χ1n) is 18.8. The van der Waals surface area contributed by atoms with Crippen LogP contribution in [0.2, 0.25) is 0 Å². The van der Waals surface area contributed by atoms with E-state index in [0.717, 1.165) is 43.2 Å². The van der Waals surface area contributed by atoms with Crippen molar-refractivity contribution in [3.8, 4) is 0 Å². The highest BCUT2D eigenvalue weighted by atomic mass is 16.5. The fourth-order valence-corrected chi connectivity index (χ4v) is 6.87. The van der Waals surface area contributed by atoms with E-state index in [1.54, 1.807) is 29.2 Å². The summed E-state index contributed by atoms with van der Waals surface area (Å²) >= 11 is 0. The zero-order valence-corrected chi connectivity index (χ0v) is 30.1. The molecule has 2 heterocycles. The molecule has 13 heteroatoms. The van der Waals surface area contributed by atoms with Crippen molar-refractivity contribution < 1.29 is 38.2 Å². The van der Waals surface area contributed by atoms with Crippen LogP contribution < -0.4 is 21.3 Å². The number of benzene rings is 2. The van der Waals surface area contributed by atoms with Gasteiger partial charge in [0.05, 0.1) is 18.8 Å². The summed E-state index contributed by atoms with van der Waals surface area (Å²) in [7, 11) is 0. The smallest absolute Gasteiger partial charge is 0.408 e. The fraction of sp³-hybridized carbons (Fsp3) is 0.500. The Morgan fingerprint density at radius 2 is 1.51 bits per heavy atom. The number of nitrogens with zero attached hydrogens (tertiary/aromatic N) is 1. The number of carbonyl (C=O) groups excluding carboxylic acids is 6. The van der Waals surface area contributed by atoms with E-state index >= 15 is 0 Å². The van der Waals surface area contributed by atoms with Gasteiger partial charge in [0.25, 0.3) is 5.91 Å². The van der Waals surface area contributed by atoms with Gasteiger partial charge >= 0.3 is 6.09 Å². The minimum atomic E-state index is -1.31. The lowest BCUT2D eigenvalue weighted by Gasteiger charge is -2.26. The number of Topliss-reactive ketones (excluding diaryl/α,β-unsaturated/α-hetero) is 1. The number of rotatable bonds is 8. The molecular weight excluding hydrogens is 678 g/mol. The van der Waals surface area contributed by atoms with E-state index in [0.29, 0.717) is 32.5 Å². The van der Waals surface area contributed by atoms with E-state index in [2.05, 4.69) is 21.3 Å². The second kappa shape index (κ2) is 20.3. The van der Waals surface area contributed by atoms with E-state index in [1.165, 1.54) is 0 Å². The van der Waals surface area contributed by atoms with Gasteiger partial charge in [0, 0.05) is 32.0 Å². The molecule has 5 rings (SSSR count). The minimum Gasteiger partial charge on any atom is -0.445 e. The van der Waals surface area contributed by atoms with Gasteiger partial charge in [-0.1, -0.05) is 92.1 Å². The minimum absolute atomic E-state index is 0.00211. The second-order valence-electron chi connectivity index (χ2n) is 13.9. The number of alkyl carbamates (subject to hydrolysis) is 1. The Morgan fingerprint density at radius 3 is 2.25 bits per heavy atom. The molecule has 2 bridgehead atoms. The first-order valence-corrected chi connectivity index (χ1v) is 18.8. The highest BCUT2D eigenvalue weighted by molar-refractivity contribution is 6.38. The summed E-state index contributed by atoms with van der Waals surface area (Å²) in [6.07, 6.45) is 8.36. The Bertz CT molecular complexity index is 1580. The molecule has 53 heavy (non-hydrogen) atoms. The summed E-state index contributed by atoms with van der Waals surface area (Å²) in [4.78, 5) is 82.8. The number of carbonyl (C=O) groups is 6. The largest absolute Gasteiger partial charge is 0.445 e. The van der Waals surface area contributed by atoms with Crippen LogP contribution in [-0.4, -0.2) is 90.4 Å². The lowest BCUT2D eigenvalue weighted by Crippen LogP contribution is -2.57. The Labute approximate surface area is 310 Å². The fourth-order valence-electron chi connectivity index (χ4n) is 6.87. The van der Waals surface area contributed by atoms with E-state index in [1.807, 2.05) is 48.6 Å². The van der Waals surface area contributed by atoms with Crippen molar-refractivity contribution in [1.29, 1.82) is 0 Å². The summed E-state index contributed by atoms with van der Waals surface area (Å²) in [5.74, 6) is -3.18. The molecule has 4 atom stereocenters. The van der Waals surface area contributed by atoms with E-state index in [9.17, 15) is 28.8 Å². The number of ether oxygens (including phenoxy) is 2. The summed E-state index contributed by atoms with van der Waals surface area (Å²) in [6, 6.07) is 14.5. The van der Waals surface area contributed by atoms with Gasteiger partial charge in [0.1, 0.15) is 18.7 Å². The van der Waals surface area contributed by atoms with Crippen LogP contribution in [0.25, 0.3) is 0 Å². The average molecular weight is 730 g/mol. The standard InChI is InChI=1S/C40H51N5O8/c46-35-21-20-32(36(47)39(50)41-30-17-9-3-10-18-30)42-38(49)34(25-28-13-5-1-6-14-28)43-37(48)33(44-40(51)53-27-29-15-7-2-8-16-29)19-11-4-12-24-52-31-22-23-45(35)26-31/h1-2,4-8,12-16,30-34H,3,9-11,17-27H2,(H,41,50)(H,42,49)(H,43,48)(H,44,51)/b12-4-/t31-,32+,33-,34+/m1/s1. The van der Waals surface area contributed by atoms with Crippen LogP contribution in [0, 0.1) is 0 Å². The molecule has 2 aromatic rings. The molecule has 2 aliphatic heterocycles. The van der Waals surface area contributed by atoms with Gasteiger partial charge in [0.2, 0.25) is 23.5 Å². The number of hydrogen-bond acceptors (Lipinski definition) is 8. The molecule has 1 saturated heterocycles. The van der Waals surface area contributed by atoms with Gasteiger partial charge in [-0.05, 0) is 49.7 Å². The first-order chi connectivity index (χ1) is 25.7. The summed E-state index contributed by atoms with van der Waals surface area (Å²) in [6.45, 7) is 1.20. The van der Waals surface area contributed by atoms with E-state index in [-0.39, 0.29) is 50.3 Å². The monoisotopic (exact) mass is 729 g/mol. The van der Waals surface area contributed by atoms with Crippen LogP contribution in [0.1, 0.15) is 75.3 Å². The van der Waals surface area contributed by atoms with Gasteiger partial charge < -0.3 is 35.6 Å². The van der Waals surface area contributed by atoms with Gasteiger partial charge in [0.15, 0.2) is 0 Å². The van der Waals surface area contributed by atoms with Crippen molar-refractivity contribution in [2.24, 2.45) is 0 Å². The number of amides is 5. The predicted molar refractivity (Wildman–Crippen MR) is 196 cm³/mol. The summed E-state index contributed by atoms with van der Waals surface area (Å²) in [5.41, 5.74) is 1.51. The van der Waals surface area contributed by atoms with Crippen molar-refractivity contribution in [2.45, 2.75) is 108 Å². The SMILES string of the molecule is O=C(N[C@@H]1CC/C=C\CO[C@@H]2CCN(C2)C(=O)CC[C@@H](C(=O)C(=O)NC2CCCCC2)NC(=O)[C@H](Cc2ccccc2)NC1=O)OCc1ccccc1. The lowest BCUT2D eigenvalue weighted by atomic mass is 9.95. The second-order valence-corrected chi connectivity index (χ2v) is 13.9. The van der Waals surface area contributed by atoms with Crippen molar-refractivity contribution >= 4 is 35.5 Å². The van der Waals surface area contributed by atoms with Crippen LogP contribution in [0.15, 0.2) is 72.8 Å². The molecule has 0 spiro atoms. The number of fused-ring (bicyclic) bond motifs is 2. The Morgan fingerprint density at radius 1 is 0.792 bits per heavy atom. The topological polar surface area (TPSA) is 172 Å². The Balaban J connectivity index is 1.37. The van der Waals surface area contributed by atoms with Gasteiger partial charge in [-0.2, -0.15) is 0 Å². The highest BCUT2D eigenvalue weighted by Crippen LogP contribution is 2.19. The van der Waals surface area contributed by atoms with E-state index in [4.69, 9.17) is 9.47 Å². The normalized spacial score (nSPS) is 24.4. The maximum absolute atomic E-state index is 14.1. The first kappa shape index (κ1) is 39.2. The number of hydrogen-bond donors (Lipinski definition) is 4. The molecule has 2 aromatic carbocycles. The molecule has 13 nitrogen and oxygen atoms in total. The average Bonchev–Trinajstić information content (AvgIpc) is 3.65. The van der Waals surface area contributed by atoms with Crippen molar-refractivity contribution in [3.05, 3.63) is 83.9 Å². The zero-order valence-electron chi connectivity index (χ0n) is 30.1. The number of ketones is 1. The van der Waals surface area contributed by atoms with Crippen molar-refractivity contribution in [3.63, 3.8) is 0 Å². The Kier molecular flexibility index (Phi) is 15.0. The third-order valence-corrected chi connectivity index (χ3v) is 9.90. The summed E-state index contributed by atoms with van der Waals surface area (Å²) in [5, 5.41) is 11.0. The molecule has 284 valence electrons. The highest BCUT2D eigenvalue weighted by Gasteiger charge is 2.34. The molecule has 1 saturated carbocycles. The quantitative estimate of drug-likeness (QED) is 0.237. The molecule has 5 amide bonds. The third kappa shape index (κ3) is 12.6. The molecule has 1 aliphatic carbocycles. The maximum atomic E-state index is 14.1. The van der Waals surface area contributed by atoms with Crippen LogP contribution >= 0.6 is 0 Å². The molecule has 0 unspecified atom stereocenters. The van der Waals surface area contributed by atoms with Crippen LogP contribution in [0.5, 0.6) is 0 Å². The third-order valence-electron chi connectivity index (χ3n) is 9.90. The lowest BCUT2D eigenvalue weighted by molar-refractivity contribution is -0.141. The van der Waals surface area contributed by atoms with Gasteiger partial charge in [-0.25, -0.2) is 4.79 Å². The van der Waals surface area contributed by atoms with Crippen molar-refractivity contribution in [1.82, 2.24) is 26.2 Å². The maximum Gasteiger partial charge on any atom is 0.408 e. The van der Waals surface area contributed by atoms with Gasteiger partial charge in [-0.3, -0.25) is 24.0 Å². The van der Waals surface area contributed by atoms with Gasteiger partial charge in [-0.15, -0.1) is 0 Å². The molecule has 2 fully saturated rings. The van der Waals surface area contributed by atoms with Crippen LogP contribution in [0.4, 0.5) is 4.79 Å². The van der Waals surface area contributed by atoms with Crippen molar-refractivity contribution in [2.75, 3.05) is 19.7 Å². The molecular formula is C40H51N5O8.